The Morgan fingerprint density at radius 1 is 0.917 bits per heavy atom. The van der Waals surface area contributed by atoms with Crippen LogP contribution in [0.5, 0.6) is 5.75 Å². The molecule has 1 N–H and O–H groups in total. The number of carbonyl (C=O) groups excluding carboxylic acids is 1. The maximum atomic E-state index is 13.0. The number of ether oxygens (including phenoxy) is 1. The average molecular weight is 490 g/mol. The molecule has 1 amide bonds. The number of hydrogen-bond donors (Lipinski definition) is 1. The molecule has 2 saturated heterocycles. The van der Waals surface area contributed by atoms with Crippen LogP contribution in [0.15, 0.2) is 48.7 Å². The molecule has 0 radical (unpaired) electrons. The normalized spacial score (nSPS) is 17.6. The number of amides is 1. The van der Waals surface area contributed by atoms with Gasteiger partial charge in [0, 0.05) is 80.7 Å². The number of unbranched alkanes of at least 4 members (excludes halogenated alkanes) is 1. The second-order valence-electron chi connectivity index (χ2n) is 10.2. The van der Waals surface area contributed by atoms with Gasteiger partial charge < -0.3 is 24.4 Å². The number of hydrogen-bond acceptors (Lipinski definition) is 5. The number of piperazine rings is 2. The van der Waals surface area contributed by atoms with Gasteiger partial charge in [0.2, 0.25) is 0 Å². The highest BCUT2D eigenvalue weighted by Gasteiger charge is 2.21. The van der Waals surface area contributed by atoms with E-state index < -0.39 is 0 Å². The van der Waals surface area contributed by atoms with E-state index in [0.717, 1.165) is 88.6 Å². The number of aromatic amines is 1. The van der Waals surface area contributed by atoms with Gasteiger partial charge in [0.15, 0.2) is 0 Å². The van der Waals surface area contributed by atoms with E-state index in [2.05, 4.69) is 57.2 Å². The quantitative estimate of drug-likeness (QED) is 0.489. The molecule has 2 aliphatic heterocycles. The van der Waals surface area contributed by atoms with Crippen LogP contribution in [0.3, 0.4) is 0 Å². The Bertz CT molecular complexity index is 1140. The summed E-state index contributed by atoms with van der Waals surface area (Å²) in [5.74, 6) is 1.07. The molecule has 3 heterocycles. The van der Waals surface area contributed by atoms with Crippen molar-refractivity contribution in [3.8, 4) is 5.75 Å². The molecule has 3 aromatic rings. The maximum absolute atomic E-state index is 13.0. The van der Waals surface area contributed by atoms with Crippen molar-refractivity contribution < 1.29 is 9.53 Å². The van der Waals surface area contributed by atoms with Crippen LogP contribution in [-0.2, 0) is 6.42 Å². The van der Waals surface area contributed by atoms with Gasteiger partial charge in [-0.25, -0.2) is 0 Å². The minimum absolute atomic E-state index is 0.158. The molecule has 1 aromatic heterocycles. The first-order chi connectivity index (χ1) is 17.6. The van der Waals surface area contributed by atoms with Gasteiger partial charge in [-0.3, -0.25) is 9.69 Å². The number of aryl methyl sites for hydroxylation is 1. The van der Waals surface area contributed by atoms with E-state index in [1.807, 2.05) is 23.1 Å². The van der Waals surface area contributed by atoms with Crippen molar-refractivity contribution in [2.45, 2.75) is 19.3 Å². The van der Waals surface area contributed by atoms with Crippen LogP contribution in [0.2, 0.25) is 0 Å². The fourth-order valence-corrected chi connectivity index (χ4v) is 5.38. The Labute approximate surface area is 214 Å². The third-order valence-electron chi connectivity index (χ3n) is 7.79. The van der Waals surface area contributed by atoms with E-state index in [1.54, 1.807) is 7.11 Å². The molecule has 2 aromatic carbocycles. The molecule has 5 rings (SSSR count). The van der Waals surface area contributed by atoms with Gasteiger partial charge in [0.25, 0.3) is 5.91 Å². The Morgan fingerprint density at radius 2 is 1.67 bits per heavy atom. The van der Waals surface area contributed by atoms with Crippen LogP contribution < -0.4 is 9.64 Å². The molecule has 2 aliphatic rings. The first-order valence-corrected chi connectivity index (χ1v) is 13.3. The van der Waals surface area contributed by atoms with Crippen molar-refractivity contribution in [3.63, 3.8) is 0 Å². The number of H-pyrrole nitrogens is 1. The second-order valence-corrected chi connectivity index (χ2v) is 10.2. The number of likely N-dealkylation sites (N-methyl/N-ethyl adjacent to an activating group) is 1. The monoisotopic (exact) mass is 489 g/mol. The zero-order valence-electron chi connectivity index (χ0n) is 21.7. The number of rotatable bonds is 8. The van der Waals surface area contributed by atoms with E-state index in [9.17, 15) is 4.79 Å². The zero-order chi connectivity index (χ0) is 24.9. The maximum Gasteiger partial charge on any atom is 0.253 e. The number of nitrogens with zero attached hydrogens (tertiary/aromatic N) is 4. The van der Waals surface area contributed by atoms with Gasteiger partial charge in [0.1, 0.15) is 5.75 Å². The van der Waals surface area contributed by atoms with Crippen LogP contribution in [0, 0.1) is 0 Å². The van der Waals surface area contributed by atoms with Crippen LogP contribution in [0.25, 0.3) is 10.9 Å². The molecule has 7 heteroatoms. The van der Waals surface area contributed by atoms with E-state index in [0.29, 0.717) is 0 Å². The first kappa shape index (κ1) is 24.7. The smallest absolute Gasteiger partial charge is 0.253 e. The molecule has 0 aliphatic carbocycles. The van der Waals surface area contributed by atoms with E-state index in [-0.39, 0.29) is 5.91 Å². The first-order valence-electron chi connectivity index (χ1n) is 13.3. The molecule has 192 valence electrons. The highest BCUT2D eigenvalue weighted by Crippen LogP contribution is 2.24. The molecule has 0 spiro atoms. The van der Waals surface area contributed by atoms with Gasteiger partial charge in [-0.1, -0.05) is 0 Å². The number of anilines is 1. The standard InChI is InChI=1S/C29H39N5O2/c1-31-13-17-34(18-14-31)29(35)23-6-11-28-27(21-23)24(22-30-28)5-3-4-12-32-15-19-33(20-16-32)25-7-9-26(36-2)10-8-25/h6-11,21-22,30H,3-5,12-20H2,1-2H3. The van der Waals surface area contributed by atoms with Gasteiger partial charge in [-0.2, -0.15) is 0 Å². The Balaban J connectivity index is 1.09. The van der Waals surface area contributed by atoms with E-state index in [1.165, 1.54) is 23.1 Å². The molecule has 0 atom stereocenters. The largest absolute Gasteiger partial charge is 0.497 e. The van der Waals surface area contributed by atoms with Crippen LogP contribution in [0.4, 0.5) is 5.69 Å². The number of fused-ring (bicyclic) bond motifs is 1. The lowest BCUT2D eigenvalue weighted by Gasteiger charge is -2.36. The van der Waals surface area contributed by atoms with Gasteiger partial charge in [-0.15, -0.1) is 0 Å². The Kier molecular flexibility index (Phi) is 7.78. The topological polar surface area (TPSA) is 55.1 Å². The summed E-state index contributed by atoms with van der Waals surface area (Å²) in [7, 11) is 3.82. The summed E-state index contributed by atoms with van der Waals surface area (Å²) >= 11 is 0. The fourth-order valence-electron chi connectivity index (χ4n) is 5.38. The number of nitrogens with one attached hydrogen (secondary N) is 1. The summed E-state index contributed by atoms with van der Waals surface area (Å²) in [6.45, 7) is 9.00. The average Bonchev–Trinajstić information content (AvgIpc) is 3.34. The minimum atomic E-state index is 0.158. The number of carbonyl (C=O) groups is 1. The highest BCUT2D eigenvalue weighted by atomic mass is 16.5. The third kappa shape index (κ3) is 5.68. The van der Waals surface area contributed by atoms with Crippen molar-refractivity contribution in [1.82, 2.24) is 19.7 Å². The highest BCUT2D eigenvalue weighted by molar-refractivity contribution is 5.98. The molecule has 0 bridgehead atoms. The van der Waals surface area contributed by atoms with Crippen LogP contribution in [0.1, 0.15) is 28.8 Å². The van der Waals surface area contributed by atoms with Crippen molar-refractivity contribution in [1.29, 1.82) is 0 Å². The Morgan fingerprint density at radius 3 is 2.39 bits per heavy atom. The summed E-state index contributed by atoms with van der Waals surface area (Å²) in [4.78, 5) is 25.8. The summed E-state index contributed by atoms with van der Waals surface area (Å²) in [5.41, 5.74) is 4.53. The minimum Gasteiger partial charge on any atom is -0.497 e. The predicted molar refractivity (Wildman–Crippen MR) is 146 cm³/mol. The van der Waals surface area contributed by atoms with E-state index >= 15 is 0 Å². The van der Waals surface area contributed by atoms with Crippen LogP contribution in [-0.4, -0.2) is 98.7 Å². The van der Waals surface area contributed by atoms with Crippen molar-refractivity contribution in [2.24, 2.45) is 0 Å². The summed E-state index contributed by atoms with van der Waals surface area (Å²) in [6.07, 6.45) is 5.51. The summed E-state index contributed by atoms with van der Waals surface area (Å²) < 4.78 is 5.28. The Hall–Kier alpha value is -3.03. The molecule has 0 saturated carbocycles. The lowest BCUT2D eigenvalue weighted by atomic mass is 10.0. The molecular weight excluding hydrogens is 450 g/mol. The van der Waals surface area contributed by atoms with Gasteiger partial charge in [0.05, 0.1) is 7.11 Å². The van der Waals surface area contributed by atoms with Crippen molar-refractivity contribution in [3.05, 3.63) is 59.8 Å². The number of methoxy groups -OCH3 is 1. The zero-order valence-corrected chi connectivity index (χ0v) is 21.7. The molecule has 2 fully saturated rings. The molecular formula is C29H39N5O2. The molecule has 36 heavy (non-hydrogen) atoms. The van der Waals surface area contributed by atoms with Gasteiger partial charge >= 0.3 is 0 Å². The predicted octanol–water partition coefficient (Wildman–Crippen LogP) is 3.71. The fraction of sp³-hybridized carbons (Fsp3) is 0.483. The van der Waals surface area contributed by atoms with Gasteiger partial charge in [-0.05, 0) is 80.9 Å². The van der Waals surface area contributed by atoms with Crippen molar-refractivity contribution in [2.75, 3.05) is 78.0 Å². The number of benzene rings is 2. The second kappa shape index (κ2) is 11.4. The molecule has 0 unspecified atom stereocenters. The van der Waals surface area contributed by atoms with Crippen molar-refractivity contribution >= 4 is 22.5 Å². The lowest BCUT2D eigenvalue weighted by Crippen LogP contribution is -2.47. The molecule has 7 nitrogen and oxygen atoms in total. The van der Waals surface area contributed by atoms with E-state index in [4.69, 9.17) is 4.74 Å². The summed E-state index contributed by atoms with van der Waals surface area (Å²) in [6, 6.07) is 14.5. The number of aromatic nitrogens is 1. The summed E-state index contributed by atoms with van der Waals surface area (Å²) in [5, 5.41) is 1.20. The SMILES string of the molecule is COc1ccc(N2CCN(CCCCc3c[nH]c4ccc(C(=O)N5CCN(C)CC5)cc34)CC2)cc1. The van der Waals surface area contributed by atoms with Crippen LogP contribution >= 0.6 is 0 Å². The lowest BCUT2D eigenvalue weighted by molar-refractivity contribution is 0.0664. The third-order valence-corrected chi connectivity index (χ3v) is 7.79.